The quantitative estimate of drug-likeness (QED) is 0.829. The molecule has 1 rings (SSSR count). The molecular formula is C16H25NO2. The number of rotatable bonds is 5. The highest BCUT2D eigenvalue weighted by molar-refractivity contribution is 6.00. The summed E-state index contributed by atoms with van der Waals surface area (Å²) < 4.78 is 5.33. The summed E-state index contributed by atoms with van der Waals surface area (Å²) >= 11 is 0. The fraction of sp³-hybridized carbons (Fsp3) is 0.562. The molecule has 0 atom stereocenters. The van der Waals surface area contributed by atoms with Crippen molar-refractivity contribution in [3.63, 3.8) is 0 Å². The summed E-state index contributed by atoms with van der Waals surface area (Å²) in [6, 6.07) is 3.93. The zero-order valence-electron chi connectivity index (χ0n) is 12.9. The van der Waals surface area contributed by atoms with E-state index in [9.17, 15) is 4.79 Å². The Morgan fingerprint density at radius 3 is 2.42 bits per heavy atom. The first-order valence-corrected chi connectivity index (χ1v) is 6.68. The lowest BCUT2D eigenvalue weighted by Gasteiger charge is -2.20. The number of methoxy groups -OCH3 is 1. The van der Waals surface area contributed by atoms with Crippen LogP contribution in [-0.2, 0) is 0 Å². The average Bonchev–Trinajstić information content (AvgIpc) is 2.25. The van der Waals surface area contributed by atoms with Gasteiger partial charge >= 0.3 is 0 Å². The number of hydrogen-bond donors (Lipinski definition) is 1. The van der Waals surface area contributed by atoms with Crippen LogP contribution in [0.1, 0.15) is 48.7 Å². The molecular weight excluding hydrogens is 238 g/mol. The summed E-state index contributed by atoms with van der Waals surface area (Å²) in [7, 11) is 1.61. The van der Waals surface area contributed by atoms with Gasteiger partial charge in [0.05, 0.1) is 12.7 Å². The molecule has 1 N–H and O–H groups in total. The highest BCUT2D eigenvalue weighted by Gasteiger charge is 2.16. The molecule has 0 aliphatic heterocycles. The van der Waals surface area contributed by atoms with Crippen molar-refractivity contribution < 1.29 is 9.53 Å². The molecule has 106 valence electrons. The van der Waals surface area contributed by atoms with Gasteiger partial charge in [-0.2, -0.15) is 0 Å². The Kier molecular flexibility index (Phi) is 5.12. The first-order chi connectivity index (χ1) is 8.74. The molecule has 0 spiro atoms. The maximum absolute atomic E-state index is 12.3. The smallest absolute Gasteiger partial charge is 0.168 e. The topological polar surface area (TPSA) is 38.3 Å². The number of carbonyl (C=O) groups is 1. The van der Waals surface area contributed by atoms with E-state index in [1.165, 1.54) is 0 Å². The summed E-state index contributed by atoms with van der Waals surface area (Å²) in [4.78, 5) is 12.3. The molecule has 0 aliphatic carbocycles. The van der Waals surface area contributed by atoms with E-state index in [1.54, 1.807) is 7.11 Å². The lowest BCUT2D eigenvalue weighted by atomic mass is 9.98. The van der Waals surface area contributed by atoms with Crippen molar-refractivity contribution in [1.29, 1.82) is 0 Å². The van der Waals surface area contributed by atoms with Gasteiger partial charge in [-0.25, -0.2) is 0 Å². The number of nitrogens with one attached hydrogen (secondary N) is 1. The van der Waals surface area contributed by atoms with Crippen molar-refractivity contribution >= 4 is 5.78 Å². The molecule has 0 amide bonds. The monoisotopic (exact) mass is 263 g/mol. The van der Waals surface area contributed by atoms with E-state index in [1.807, 2.05) is 26.0 Å². The van der Waals surface area contributed by atoms with E-state index >= 15 is 0 Å². The number of carbonyl (C=O) groups excluding carboxylic acids is 1. The highest BCUT2D eigenvalue weighted by Crippen LogP contribution is 2.25. The van der Waals surface area contributed by atoms with Gasteiger partial charge in [-0.05, 0) is 51.8 Å². The molecule has 3 heteroatoms. The highest BCUT2D eigenvalue weighted by atomic mass is 16.5. The number of ketones is 1. The van der Waals surface area contributed by atoms with Gasteiger partial charge in [0.2, 0.25) is 0 Å². The summed E-state index contributed by atoms with van der Waals surface area (Å²) in [6.07, 6.45) is 0.484. The number of benzene rings is 1. The summed E-state index contributed by atoms with van der Waals surface area (Å²) in [5.74, 6) is 0.810. The Balaban J connectivity index is 2.82. The minimum atomic E-state index is 0.0344. The van der Waals surface area contributed by atoms with E-state index in [2.05, 4.69) is 26.1 Å². The summed E-state index contributed by atoms with van der Waals surface area (Å²) in [6.45, 7) is 10.9. The fourth-order valence-corrected chi connectivity index (χ4v) is 2.12. The molecule has 0 bridgehead atoms. The molecule has 0 radical (unpaired) electrons. The van der Waals surface area contributed by atoms with Crippen molar-refractivity contribution in [3.05, 3.63) is 28.8 Å². The van der Waals surface area contributed by atoms with E-state index in [-0.39, 0.29) is 11.3 Å². The number of aryl methyl sites for hydroxylation is 2. The standard InChI is InChI=1S/C16H25NO2/c1-11-9-12(2)15(14(10-11)19-6)13(18)7-8-17-16(3,4)5/h9-10,17H,7-8H2,1-6H3. The molecule has 0 aliphatic rings. The van der Waals surface area contributed by atoms with Gasteiger partial charge in [0, 0.05) is 18.5 Å². The van der Waals surface area contributed by atoms with Gasteiger partial charge in [-0.3, -0.25) is 4.79 Å². The SMILES string of the molecule is COc1cc(C)cc(C)c1C(=O)CCNC(C)(C)C. The van der Waals surface area contributed by atoms with Gasteiger partial charge in [-0.15, -0.1) is 0 Å². The molecule has 0 heterocycles. The van der Waals surface area contributed by atoms with Crippen LogP contribution in [0.15, 0.2) is 12.1 Å². The van der Waals surface area contributed by atoms with E-state index in [0.29, 0.717) is 24.3 Å². The van der Waals surface area contributed by atoms with Crippen LogP contribution in [-0.4, -0.2) is 25.0 Å². The number of Topliss-reactive ketones (excluding diaryl/α,β-unsaturated/α-hetero) is 1. The Bertz CT molecular complexity index is 459. The van der Waals surface area contributed by atoms with Crippen LogP contribution >= 0.6 is 0 Å². The maximum Gasteiger partial charge on any atom is 0.168 e. The van der Waals surface area contributed by atoms with Gasteiger partial charge in [0.1, 0.15) is 5.75 Å². The molecule has 0 fully saturated rings. The lowest BCUT2D eigenvalue weighted by molar-refractivity contribution is 0.0977. The molecule has 0 saturated heterocycles. The van der Waals surface area contributed by atoms with Gasteiger partial charge < -0.3 is 10.1 Å². The predicted octanol–water partition coefficient (Wildman–Crippen LogP) is 3.27. The van der Waals surface area contributed by atoms with Crippen molar-refractivity contribution in [1.82, 2.24) is 5.32 Å². The Morgan fingerprint density at radius 2 is 1.89 bits per heavy atom. The van der Waals surface area contributed by atoms with Gasteiger partial charge in [0.15, 0.2) is 5.78 Å². The Labute approximate surface area is 116 Å². The largest absolute Gasteiger partial charge is 0.496 e. The zero-order chi connectivity index (χ0) is 14.6. The number of hydrogen-bond acceptors (Lipinski definition) is 3. The third kappa shape index (κ3) is 4.67. The normalized spacial score (nSPS) is 11.5. The first kappa shape index (κ1) is 15.7. The lowest BCUT2D eigenvalue weighted by Crippen LogP contribution is -2.37. The van der Waals surface area contributed by atoms with Crippen molar-refractivity contribution in [2.24, 2.45) is 0 Å². The second-order valence-electron chi connectivity index (χ2n) is 6.01. The zero-order valence-corrected chi connectivity index (χ0v) is 12.9. The molecule has 3 nitrogen and oxygen atoms in total. The molecule has 0 unspecified atom stereocenters. The van der Waals surface area contributed by atoms with Crippen LogP contribution in [0, 0.1) is 13.8 Å². The molecule has 0 aromatic heterocycles. The van der Waals surface area contributed by atoms with Crippen molar-refractivity contribution in [3.8, 4) is 5.75 Å². The summed E-state index contributed by atoms with van der Waals surface area (Å²) in [5, 5.41) is 3.33. The average molecular weight is 263 g/mol. The summed E-state index contributed by atoms with van der Waals surface area (Å²) in [5.41, 5.74) is 2.84. The van der Waals surface area contributed by atoms with E-state index < -0.39 is 0 Å². The second-order valence-corrected chi connectivity index (χ2v) is 6.01. The predicted molar refractivity (Wildman–Crippen MR) is 79.2 cm³/mol. The molecule has 0 saturated carbocycles. The fourth-order valence-electron chi connectivity index (χ4n) is 2.12. The van der Waals surface area contributed by atoms with Crippen molar-refractivity contribution in [2.75, 3.05) is 13.7 Å². The van der Waals surface area contributed by atoms with Crippen LogP contribution < -0.4 is 10.1 Å². The minimum Gasteiger partial charge on any atom is -0.496 e. The number of ether oxygens (including phenoxy) is 1. The van der Waals surface area contributed by atoms with Crippen LogP contribution in [0.3, 0.4) is 0 Å². The maximum atomic E-state index is 12.3. The molecule has 1 aromatic carbocycles. The minimum absolute atomic E-state index is 0.0344. The third-order valence-corrected chi connectivity index (χ3v) is 2.95. The van der Waals surface area contributed by atoms with Crippen LogP contribution in [0.25, 0.3) is 0 Å². The third-order valence-electron chi connectivity index (χ3n) is 2.95. The molecule has 19 heavy (non-hydrogen) atoms. The van der Waals surface area contributed by atoms with Crippen LogP contribution in [0.4, 0.5) is 0 Å². The Morgan fingerprint density at radius 1 is 1.26 bits per heavy atom. The van der Waals surface area contributed by atoms with E-state index in [4.69, 9.17) is 4.74 Å². The molecule has 1 aromatic rings. The van der Waals surface area contributed by atoms with Crippen LogP contribution in [0.2, 0.25) is 0 Å². The van der Waals surface area contributed by atoms with E-state index in [0.717, 1.165) is 11.1 Å². The second kappa shape index (κ2) is 6.20. The van der Waals surface area contributed by atoms with Crippen molar-refractivity contribution in [2.45, 2.75) is 46.6 Å². The van der Waals surface area contributed by atoms with Gasteiger partial charge in [-0.1, -0.05) is 6.07 Å². The Hall–Kier alpha value is -1.35. The van der Waals surface area contributed by atoms with Gasteiger partial charge in [0.25, 0.3) is 0 Å². The van der Waals surface area contributed by atoms with Crippen LogP contribution in [0.5, 0.6) is 5.75 Å². The first-order valence-electron chi connectivity index (χ1n) is 6.68.